The number of nitrogens with two attached hydrogens (primary N) is 1. The molecule has 0 radical (unpaired) electrons. The Morgan fingerprint density at radius 1 is 1.11 bits per heavy atom. The number of thioether (sulfide) groups is 1. The van der Waals surface area contributed by atoms with Crippen LogP contribution in [0, 0.1) is 0 Å². The second-order valence-electron chi connectivity index (χ2n) is 6.47. The molecular weight excluding hydrogens is 256 g/mol. The summed E-state index contributed by atoms with van der Waals surface area (Å²) in [6.45, 7) is 0.822. The molecule has 110 valence electrons. The molecule has 0 heterocycles. The van der Waals surface area contributed by atoms with Gasteiger partial charge in [0.2, 0.25) is 5.91 Å². The normalized spacial score (nSPS) is 25.2. The molecule has 2 rings (SSSR count). The van der Waals surface area contributed by atoms with Gasteiger partial charge < -0.3 is 11.1 Å². The molecule has 3 N–H and O–H groups in total. The Labute approximate surface area is 121 Å². The highest BCUT2D eigenvalue weighted by Gasteiger charge is 2.34. The lowest BCUT2D eigenvalue weighted by Gasteiger charge is -2.36. The monoisotopic (exact) mass is 284 g/mol. The maximum Gasteiger partial charge on any atom is 0.221 e. The minimum absolute atomic E-state index is 0.156. The maximum absolute atomic E-state index is 12.1. The molecule has 0 aliphatic heterocycles. The van der Waals surface area contributed by atoms with E-state index in [9.17, 15) is 4.79 Å². The fourth-order valence-corrected chi connectivity index (χ4v) is 4.46. The van der Waals surface area contributed by atoms with E-state index in [1.54, 1.807) is 0 Å². The van der Waals surface area contributed by atoms with Crippen molar-refractivity contribution in [2.45, 2.75) is 74.5 Å². The van der Waals surface area contributed by atoms with Crippen LogP contribution in [0.3, 0.4) is 0 Å². The zero-order valence-electron chi connectivity index (χ0n) is 12.2. The number of carbonyl (C=O) groups excluding carboxylic acids is 1. The zero-order chi connectivity index (χ0) is 13.8. The first-order chi connectivity index (χ1) is 9.08. The van der Waals surface area contributed by atoms with Crippen molar-refractivity contribution in [2.24, 2.45) is 5.73 Å². The van der Waals surface area contributed by atoms with E-state index in [0.717, 1.165) is 19.4 Å². The first-order valence-electron chi connectivity index (χ1n) is 7.68. The van der Waals surface area contributed by atoms with E-state index >= 15 is 0 Å². The van der Waals surface area contributed by atoms with Crippen molar-refractivity contribution in [2.75, 3.05) is 12.8 Å². The predicted molar refractivity (Wildman–Crippen MR) is 82.3 cm³/mol. The molecule has 19 heavy (non-hydrogen) atoms. The fraction of sp³-hybridized carbons (Fsp3) is 0.933. The molecule has 2 saturated carbocycles. The molecule has 0 aromatic heterocycles. The molecular formula is C15H28N2OS. The van der Waals surface area contributed by atoms with Crippen LogP contribution in [-0.2, 0) is 4.79 Å². The largest absolute Gasteiger partial charge is 0.355 e. The maximum atomic E-state index is 12.1. The second kappa shape index (κ2) is 6.49. The SMILES string of the molecule is CSC1(CNC(=O)CC2(N)CCCC2)CCCCC1. The summed E-state index contributed by atoms with van der Waals surface area (Å²) < 4.78 is 0.283. The first kappa shape index (κ1) is 15.2. The Kier molecular flexibility index (Phi) is 5.18. The third kappa shape index (κ3) is 4.12. The Morgan fingerprint density at radius 3 is 2.26 bits per heavy atom. The smallest absolute Gasteiger partial charge is 0.221 e. The van der Waals surface area contributed by atoms with Crippen LogP contribution in [0.25, 0.3) is 0 Å². The minimum atomic E-state index is -0.219. The average Bonchev–Trinajstić information content (AvgIpc) is 2.84. The predicted octanol–water partition coefficient (Wildman–Crippen LogP) is 2.83. The summed E-state index contributed by atoms with van der Waals surface area (Å²) in [4.78, 5) is 12.1. The van der Waals surface area contributed by atoms with E-state index < -0.39 is 0 Å². The summed E-state index contributed by atoms with van der Waals surface area (Å²) in [6.07, 6.45) is 13.5. The van der Waals surface area contributed by atoms with Gasteiger partial charge in [0.05, 0.1) is 0 Å². The lowest BCUT2D eigenvalue weighted by atomic mass is 9.88. The van der Waals surface area contributed by atoms with Crippen LogP contribution in [0.2, 0.25) is 0 Å². The quantitative estimate of drug-likeness (QED) is 0.816. The number of hydrogen-bond donors (Lipinski definition) is 2. The number of amides is 1. The summed E-state index contributed by atoms with van der Waals surface area (Å²) in [6, 6.07) is 0. The van der Waals surface area contributed by atoms with Gasteiger partial charge in [-0.1, -0.05) is 32.1 Å². The lowest BCUT2D eigenvalue weighted by Crippen LogP contribution is -2.46. The molecule has 3 nitrogen and oxygen atoms in total. The van der Waals surface area contributed by atoms with E-state index in [1.165, 1.54) is 44.9 Å². The molecule has 0 aromatic rings. The van der Waals surface area contributed by atoms with Gasteiger partial charge in [-0.05, 0) is 31.9 Å². The molecule has 4 heteroatoms. The molecule has 0 atom stereocenters. The van der Waals surface area contributed by atoms with Gasteiger partial charge in [-0.25, -0.2) is 0 Å². The highest BCUT2D eigenvalue weighted by molar-refractivity contribution is 8.00. The van der Waals surface area contributed by atoms with Gasteiger partial charge in [-0.15, -0.1) is 0 Å². The number of nitrogens with one attached hydrogen (secondary N) is 1. The number of rotatable bonds is 5. The molecule has 0 aromatic carbocycles. The fourth-order valence-electron chi connectivity index (χ4n) is 3.55. The molecule has 0 bridgehead atoms. The highest BCUT2D eigenvalue weighted by Crippen LogP contribution is 2.38. The van der Waals surface area contributed by atoms with Crippen molar-refractivity contribution in [3.8, 4) is 0 Å². The van der Waals surface area contributed by atoms with E-state index in [2.05, 4.69) is 11.6 Å². The molecule has 2 aliphatic rings. The topological polar surface area (TPSA) is 55.1 Å². The van der Waals surface area contributed by atoms with Gasteiger partial charge in [0.15, 0.2) is 0 Å². The third-order valence-electron chi connectivity index (χ3n) is 4.92. The summed E-state index contributed by atoms with van der Waals surface area (Å²) >= 11 is 1.93. The molecule has 2 aliphatic carbocycles. The van der Waals surface area contributed by atoms with Gasteiger partial charge in [0.1, 0.15) is 0 Å². The Balaban J connectivity index is 1.78. The van der Waals surface area contributed by atoms with Gasteiger partial charge >= 0.3 is 0 Å². The average molecular weight is 284 g/mol. The van der Waals surface area contributed by atoms with E-state index in [0.29, 0.717) is 6.42 Å². The van der Waals surface area contributed by atoms with Gasteiger partial charge in [-0.2, -0.15) is 11.8 Å². The van der Waals surface area contributed by atoms with Crippen molar-refractivity contribution in [1.29, 1.82) is 0 Å². The van der Waals surface area contributed by atoms with Crippen molar-refractivity contribution < 1.29 is 4.79 Å². The van der Waals surface area contributed by atoms with Gasteiger partial charge in [0, 0.05) is 23.3 Å². The summed E-state index contributed by atoms with van der Waals surface area (Å²) in [5.74, 6) is 0.156. The molecule has 2 fully saturated rings. The van der Waals surface area contributed by atoms with Crippen LogP contribution in [0.5, 0.6) is 0 Å². The van der Waals surface area contributed by atoms with Gasteiger partial charge in [-0.3, -0.25) is 4.79 Å². The van der Waals surface area contributed by atoms with Crippen LogP contribution < -0.4 is 11.1 Å². The Morgan fingerprint density at radius 2 is 1.68 bits per heavy atom. The molecule has 0 unspecified atom stereocenters. The van der Waals surface area contributed by atoms with Crippen molar-refractivity contribution >= 4 is 17.7 Å². The summed E-state index contributed by atoms with van der Waals surface area (Å²) in [5, 5.41) is 3.16. The number of hydrogen-bond acceptors (Lipinski definition) is 3. The van der Waals surface area contributed by atoms with E-state index in [4.69, 9.17) is 5.73 Å². The van der Waals surface area contributed by atoms with E-state index in [-0.39, 0.29) is 16.2 Å². The van der Waals surface area contributed by atoms with Crippen LogP contribution in [0.4, 0.5) is 0 Å². The minimum Gasteiger partial charge on any atom is -0.355 e. The van der Waals surface area contributed by atoms with Crippen LogP contribution in [0.1, 0.15) is 64.2 Å². The summed E-state index contributed by atoms with van der Waals surface area (Å²) in [5.41, 5.74) is 6.05. The lowest BCUT2D eigenvalue weighted by molar-refractivity contribution is -0.122. The third-order valence-corrected chi connectivity index (χ3v) is 6.34. The van der Waals surface area contributed by atoms with Crippen LogP contribution in [0.15, 0.2) is 0 Å². The van der Waals surface area contributed by atoms with Crippen molar-refractivity contribution in [3.05, 3.63) is 0 Å². The Hall–Kier alpha value is -0.220. The first-order valence-corrected chi connectivity index (χ1v) is 8.91. The second-order valence-corrected chi connectivity index (χ2v) is 7.75. The van der Waals surface area contributed by atoms with Crippen LogP contribution in [-0.4, -0.2) is 29.0 Å². The standard InChI is InChI=1S/C15H28N2OS/c1-19-15(9-3-2-4-10-15)12-17-13(18)11-14(16)7-5-6-8-14/h2-12,16H2,1H3,(H,17,18). The Bertz CT molecular complexity index is 307. The molecule has 1 amide bonds. The van der Waals surface area contributed by atoms with Gasteiger partial charge in [0.25, 0.3) is 0 Å². The number of carbonyl (C=O) groups is 1. The molecule has 0 spiro atoms. The highest BCUT2D eigenvalue weighted by atomic mass is 32.2. The molecule has 0 saturated heterocycles. The van der Waals surface area contributed by atoms with Crippen molar-refractivity contribution in [1.82, 2.24) is 5.32 Å². The zero-order valence-corrected chi connectivity index (χ0v) is 13.0. The van der Waals surface area contributed by atoms with Crippen molar-refractivity contribution in [3.63, 3.8) is 0 Å². The van der Waals surface area contributed by atoms with Crippen LogP contribution >= 0.6 is 11.8 Å². The van der Waals surface area contributed by atoms with E-state index in [1.807, 2.05) is 11.8 Å². The summed E-state index contributed by atoms with van der Waals surface area (Å²) in [7, 11) is 0.